The average molecular weight is 229 g/mol. The largest absolute Gasteiger partial charge is 0.490 e. The Hall–Kier alpha value is -1.31. The van der Waals surface area contributed by atoms with E-state index in [9.17, 15) is 18.0 Å². The van der Waals surface area contributed by atoms with E-state index in [4.69, 9.17) is 9.90 Å². The van der Waals surface area contributed by atoms with Gasteiger partial charge in [-0.2, -0.15) is 13.2 Å². The van der Waals surface area contributed by atoms with Crippen LogP contribution in [0, 0.1) is 0 Å². The first-order chi connectivity index (χ1) is 6.79. The summed E-state index contributed by atoms with van der Waals surface area (Å²) in [6, 6.07) is -0.0139. The second-order valence-corrected chi connectivity index (χ2v) is 2.62. The van der Waals surface area contributed by atoms with Crippen LogP contribution in [0.4, 0.5) is 13.2 Å². The molecule has 8 heteroatoms. The van der Waals surface area contributed by atoms with Gasteiger partial charge in [0.25, 0.3) is 0 Å². The highest BCUT2D eigenvalue weighted by molar-refractivity contribution is 5.76. The molecule has 5 nitrogen and oxygen atoms in total. The minimum absolute atomic E-state index is 0.0139. The summed E-state index contributed by atoms with van der Waals surface area (Å²) in [7, 11) is 1.41. The molecule has 0 saturated carbocycles. The molecule has 0 aliphatic carbocycles. The molecule has 88 valence electrons. The summed E-state index contributed by atoms with van der Waals surface area (Å²) >= 11 is 0. The van der Waals surface area contributed by atoms with Gasteiger partial charge in [-0.25, -0.2) is 4.79 Å². The number of carboxylic acids is 1. The minimum atomic E-state index is -5.08. The van der Waals surface area contributed by atoms with Crippen LogP contribution < -0.4 is 5.32 Å². The number of aliphatic carboxylic acids is 1. The van der Waals surface area contributed by atoms with Crippen molar-refractivity contribution in [1.82, 2.24) is 5.32 Å². The first kappa shape index (κ1) is 13.7. The van der Waals surface area contributed by atoms with Gasteiger partial charge in [0.05, 0.1) is 7.11 Å². The summed E-state index contributed by atoms with van der Waals surface area (Å²) in [5, 5.41) is 10.0. The summed E-state index contributed by atoms with van der Waals surface area (Å²) in [5.74, 6) is -2.90. The van der Waals surface area contributed by atoms with Gasteiger partial charge in [0.2, 0.25) is 0 Å². The highest BCUT2D eigenvalue weighted by Gasteiger charge is 2.38. The van der Waals surface area contributed by atoms with Crippen molar-refractivity contribution in [3.05, 3.63) is 0 Å². The van der Waals surface area contributed by atoms with Gasteiger partial charge in [0.1, 0.15) is 6.04 Å². The van der Waals surface area contributed by atoms with Gasteiger partial charge < -0.3 is 15.2 Å². The maximum Gasteiger partial charge on any atom is 0.490 e. The van der Waals surface area contributed by atoms with Crippen LogP contribution in [0.25, 0.3) is 0 Å². The molecule has 1 aliphatic heterocycles. The van der Waals surface area contributed by atoms with E-state index in [0.717, 1.165) is 13.0 Å². The van der Waals surface area contributed by atoms with Crippen LogP contribution in [0.5, 0.6) is 0 Å². The van der Waals surface area contributed by atoms with Crippen molar-refractivity contribution < 1.29 is 32.6 Å². The number of methoxy groups -OCH3 is 1. The normalized spacial score (nSPS) is 19.3. The fraction of sp³-hybridized carbons (Fsp3) is 0.714. The Morgan fingerprint density at radius 3 is 1.93 bits per heavy atom. The van der Waals surface area contributed by atoms with E-state index >= 15 is 0 Å². The van der Waals surface area contributed by atoms with Crippen molar-refractivity contribution in [1.29, 1.82) is 0 Å². The summed E-state index contributed by atoms with van der Waals surface area (Å²) in [5.41, 5.74) is 0. The number of carbonyl (C=O) groups is 2. The second-order valence-electron chi connectivity index (χ2n) is 2.62. The predicted octanol–water partition coefficient (Wildman–Crippen LogP) is 0.155. The van der Waals surface area contributed by atoms with Gasteiger partial charge in [0.15, 0.2) is 0 Å². The smallest absolute Gasteiger partial charge is 0.475 e. The molecule has 1 rings (SSSR count). The molecular weight excluding hydrogens is 219 g/mol. The molecule has 1 aliphatic rings. The predicted molar refractivity (Wildman–Crippen MR) is 42.1 cm³/mol. The van der Waals surface area contributed by atoms with Crippen molar-refractivity contribution in [2.24, 2.45) is 0 Å². The van der Waals surface area contributed by atoms with E-state index in [1.807, 2.05) is 0 Å². The summed E-state index contributed by atoms with van der Waals surface area (Å²) < 4.78 is 36.2. The van der Waals surface area contributed by atoms with Crippen molar-refractivity contribution in [3.8, 4) is 0 Å². The molecule has 1 saturated heterocycles. The summed E-state index contributed by atoms with van der Waals surface area (Å²) in [6.45, 7) is 0.944. The number of esters is 1. The number of nitrogens with one attached hydrogen (secondary N) is 1. The third-order valence-corrected chi connectivity index (χ3v) is 1.55. The highest BCUT2D eigenvalue weighted by Crippen LogP contribution is 2.13. The number of halogens is 3. The van der Waals surface area contributed by atoms with E-state index in [-0.39, 0.29) is 12.0 Å². The van der Waals surface area contributed by atoms with Crippen LogP contribution in [0.15, 0.2) is 0 Å². The molecule has 0 aromatic carbocycles. The van der Waals surface area contributed by atoms with Gasteiger partial charge >= 0.3 is 18.1 Å². The molecule has 15 heavy (non-hydrogen) atoms. The quantitative estimate of drug-likeness (QED) is 0.626. The third-order valence-electron chi connectivity index (χ3n) is 1.55. The van der Waals surface area contributed by atoms with Crippen molar-refractivity contribution in [3.63, 3.8) is 0 Å². The lowest BCUT2D eigenvalue weighted by atomic mass is 10.1. The lowest BCUT2D eigenvalue weighted by Gasteiger charge is -2.24. The maximum atomic E-state index is 10.6. The number of hydrogen-bond acceptors (Lipinski definition) is 4. The molecular formula is C7H10F3NO4. The lowest BCUT2D eigenvalue weighted by Crippen LogP contribution is -2.48. The fourth-order valence-corrected chi connectivity index (χ4v) is 0.632. The monoisotopic (exact) mass is 229 g/mol. The van der Waals surface area contributed by atoms with Crippen LogP contribution in [0.3, 0.4) is 0 Å². The van der Waals surface area contributed by atoms with Gasteiger partial charge in [-0.15, -0.1) is 0 Å². The fourth-order valence-electron chi connectivity index (χ4n) is 0.632. The first-order valence-electron chi connectivity index (χ1n) is 3.90. The summed E-state index contributed by atoms with van der Waals surface area (Å²) in [6.07, 6.45) is -4.16. The van der Waals surface area contributed by atoms with Crippen LogP contribution >= 0.6 is 0 Å². The SMILES string of the molecule is COC(=O)[C@@H]1CCN1.O=C(O)C(F)(F)F. The number of hydrogen-bond donors (Lipinski definition) is 2. The second kappa shape index (κ2) is 5.54. The molecule has 0 bridgehead atoms. The zero-order valence-corrected chi connectivity index (χ0v) is 7.80. The minimum Gasteiger partial charge on any atom is -0.475 e. The first-order valence-corrected chi connectivity index (χ1v) is 3.90. The van der Waals surface area contributed by atoms with Crippen LogP contribution in [-0.2, 0) is 14.3 Å². The van der Waals surface area contributed by atoms with E-state index in [2.05, 4.69) is 10.1 Å². The Morgan fingerprint density at radius 2 is 1.87 bits per heavy atom. The maximum absolute atomic E-state index is 10.6. The molecule has 0 aromatic heterocycles. The molecule has 0 aromatic rings. The zero-order valence-electron chi connectivity index (χ0n) is 7.80. The molecule has 1 heterocycles. The van der Waals surface area contributed by atoms with E-state index in [1.54, 1.807) is 0 Å². The van der Waals surface area contributed by atoms with E-state index < -0.39 is 12.1 Å². The number of carbonyl (C=O) groups excluding carboxylic acids is 1. The summed E-state index contributed by atoms with van der Waals surface area (Å²) in [4.78, 5) is 19.4. The lowest BCUT2D eigenvalue weighted by molar-refractivity contribution is -0.192. The molecule has 0 unspecified atom stereocenters. The molecule has 0 radical (unpaired) electrons. The Labute approximate surface area is 83.2 Å². The number of alkyl halides is 3. The van der Waals surface area contributed by atoms with Gasteiger partial charge in [0, 0.05) is 0 Å². The van der Waals surface area contributed by atoms with Gasteiger partial charge in [-0.05, 0) is 13.0 Å². The van der Waals surface area contributed by atoms with Gasteiger partial charge in [-0.3, -0.25) is 4.79 Å². The van der Waals surface area contributed by atoms with Gasteiger partial charge in [-0.1, -0.05) is 0 Å². The Kier molecular flexibility index (Phi) is 5.06. The number of ether oxygens (including phenoxy) is 1. The topological polar surface area (TPSA) is 75.6 Å². The van der Waals surface area contributed by atoms with Crippen molar-refractivity contribution in [2.45, 2.75) is 18.6 Å². The molecule has 2 N–H and O–H groups in total. The Morgan fingerprint density at radius 1 is 1.47 bits per heavy atom. The highest BCUT2D eigenvalue weighted by atomic mass is 19.4. The number of rotatable bonds is 1. The third kappa shape index (κ3) is 5.21. The molecule has 0 amide bonds. The van der Waals surface area contributed by atoms with Crippen molar-refractivity contribution in [2.75, 3.05) is 13.7 Å². The Bertz CT molecular complexity index is 237. The standard InChI is InChI=1S/C5H9NO2.C2HF3O2/c1-8-5(7)4-2-3-6-4;3-2(4,5)1(6)7/h4,6H,2-3H2,1H3;(H,6,7)/t4-;/m0./s1. The molecule has 1 atom stereocenters. The van der Waals surface area contributed by atoms with E-state index in [0.29, 0.717) is 0 Å². The van der Waals surface area contributed by atoms with Crippen LogP contribution in [0.1, 0.15) is 6.42 Å². The van der Waals surface area contributed by atoms with Crippen molar-refractivity contribution >= 4 is 11.9 Å². The molecule has 1 fully saturated rings. The van der Waals surface area contributed by atoms with Crippen LogP contribution in [-0.4, -0.2) is 42.9 Å². The average Bonchev–Trinajstić information content (AvgIpc) is 2.00. The van der Waals surface area contributed by atoms with Crippen LogP contribution in [0.2, 0.25) is 0 Å². The molecule has 0 spiro atoms. The Balaban J connectivity index is 0.000000265. The van der Waals surface area contributed by atoms with E-state index in [1.165, 1.54) is 7.11 Å². The number of carboxylic acid groups (broad SMARTS) is 1. The zero-order chi connectivity index (χ0) is 12.1.